The molecule has 6 nitrogen and oxygen atoms in total. The van der Waals surface area contributed by atoms with Crippen molar-refractivity contribution >= 4 is 11.9 Å². The molecule has 0 heterocycles. The topological polar surface area (TPSA) is 95.9 Å². The van der Waals surface area contributed by atoms with E-state index in [1.54, 1.807) is 0 Å². The molecule has 3 unspecified atom stereocenters. The molecule has 6 heteroatoms. The molecule has 3 atom stereocenters. The van der Waals surface area contributed by atoms with E-state index >= 15 is 0 Å². The zero-order valence-electron chi connectivity index (χ0n) is 35.9. The van der Waals surface area contributed by atoms with E-state index in [2.05, 4.69) is 62.5 Å². The Kier molecular flexibility index (Phi) is 40.7. The monoisotopic (exact) mass is 760 g/mol. The van der Waals surface area contributed by atoms with Crippen LogP contribution in [0.25, 0.3) is 0 Å². The van der Waals surface area contributed by atoms with E-state index in [9.17, 15) is 19.8 Å². The molecular formula is C48H89NO5. The number of allylic oxidation sites excluding steroid dienone is 6. The summed E-state index contributed by atoms with van der Waals surface area (Å²) in [5.41, 5.74) is 0. The molecule has 0 aliphatic carbocycles. The van der Waals surface area contributed by atoms with Gasteiger partial charge in [-0.25, -0.2) is 0 Å². The highest BCUT2D eigenvalue weighted by Gasteiger charge is 2.24. The number of carbonyl (C=O) groups is 2. The van der Waals surface area contributed by atoms with Crippen molar-refractivity contribution in [2.24, 2.45) is 0 Å². The Labute approximate surface area is 334 Å². The summed E-state index contributed by atoms with van der Waals surface area (Å²) in [7, 11) is 0. The van der Waals surface area contributed by atoms with Gasteiger partial charge in [0.2, 0.25) is 5.91 Å². The maximum absolute atomic E-state index is 13.1. The van der Waals surface area contributed by atoms with E-state index in [4.69, 9.17) is 4.74 Å². The molecule has 0 aliphatic heterocycles. The van der Waals surface area contributed by atoms with Gasteiger partial charge in [-0.1, -0.05) is 198 Å². The number of hydrogen-bond donors (Lipinski definition) is 3. The third-order valence-electron chi connectivity index (χ3n) is 10.5. The first-order valence-electron chi connectivity index (χ1n) is 23.2. The molecule has 0 saturated heterocycles. The number of carbonyl (C=O) groups excluding carboxylic acids is 2. The summed E-state index contributed by atoms with van der Waals surface area (Å²) in [5, 5.41) is 23.6. The summed E-state index contributed by atoms with van der Waals surface area (Å²) in [6.45, 7) is 6.34. The van der Waals surface area contributed by atoms with Crippen molar-refractivity contribution in [3.63, 3.8) is 0 Å². The van der Waals surface area contributed by atoms with Gasteiger partial charge in [-0.3, -0.25) is 9.59 Å². The summed E-state index contributed by atoms with van der Waals surface area (Å²) in [6.07, 6.45) is 47.8. The Bertz CT molecular complexity index is 900. The third-order valence-corrected chi connectivity index (χ3v) is 10.5. The number of nitrogens with one attached hydrogen (secondary N) is 1. The molecule has 3 N–H and O–H groups in total. The zero-order chi connectivity index (χ0) is 39.6. The molecule has 0 bridgehead atoms. The van der Waals surface area contributed by atoms with E-state index in [-0.39, 0.29) is 24.9 Å². The van der Waals surface area contributed by atoms with Gasteiger partial charge in [-0.2, -0.15) is 0 Å². The second-order valence-electron chi connectivity index (χ2n) is 15.8. The van der Waals surface area contributed by atoms with Gasteiger partial charge in [0.1, 0.15) is 6.10 Å². The van der Waals surface area contributed by atoms with Crippen molar-refractivity contribution in [2.75, 3.05) is 6.61 Å². The van der Waals surface area contributed by atoms with Crippen LogP contribution >= 0.6 is 0 Å². The normalized spacial score (nSPS) is 13.6. The number of aliphatic hydroxyl groups is 2. The lowest BCUT2D eigenvalue weighted by molar-refractivity contribution is -0.151. The predicted molar refractivity (Wildman–Crippen MR) is 232 cm³/mol. The van der Waals surface area contributed by atoms with E-state index in [1.165, 1.54) is 109 Å². The molecule has 0 radical (unpaired) electrons. The molecule has 0 fully saturated rings. The number of esters is 1. The minimum atomic E-state index is -0.784. The van der Waals surface area contributed by atoms with Crippen LogP contribution in [0.2, 0.25) is 0 Å². The molecule has 0 aliphatic rings. The van der Waals surface area contributed by atoms with E-state index < -0.39 is 18.2 Å². The first-order valence-corrected chi connectivity index (χ1v) is 23.2. The molecule has 0 aromatic rings. The number of amides is 1. The Morgan fingerprint density at radius 1 is 0.556 bits per heavy atom. The average molecular weight is 760 g/mol. The van der Waals surface area contributed by atoms with Gasteiger partial charge in [-0.05, 0) is 57.8 Å². The maximum atomic E-state index is 13.1. The highest BCUT2D eigenvalue weighted by molar-refractivity contribution is 5.77. The van der Waals surface area contributed by atoms with Gasteiger partial charge in [0.25, 0.3) is 0 Å². The van der Waals surface area contributed by atoms with Crippen LogP contribution in [-0.4, -0.2) is 46.9 Å². The Hall–Kier alpha value is -1.92. The van der Waals surface area contributed by atoms with Gasteiger partial charge in [0.15, 0.2) is 0 Å². The maximum Gasteiger partial charge on any atom is 0.306 e. The van der Waals surface area contributed by atoms with Crippen molar-refractivity contribution < 1.29 is 24.5 Å². The zero-order valence-corrected chi connectivity index (χ0v) is 35.9. The summed E-state index contributed by atoms with van der Waals surface area (Å²) >= 11 is 0. The van der Waals surface area contributed by atoms with Crippen LogP contribution < -0.4 is 5.32 Å². The number of rotatable bonds is 41. The number of unbranched alkanes of at least 4 members (excludes halogenated alkanes) is 23. The van der Waals surface area contributed by atoms with Gasteiger partial charge < -0.3 is 20.3 Å². The lowest BCUT2D eigenvalue weighted by atomic mass is 10.0. The van der Waals surface area contributed by atoms with E-state index in [1.807, 2.05) is 0 Å². The van der Waals surface area contributed by atoms with Crippen LogP contribution in [0.5, 0.6) is 0 Å². The standard InChI is InChI=1S/C48H89NO5/c1-4-7-10-13-16-19-21-22-23-24-25-26-29-32-35-38-41-48(53)54-44(39-36-33-30-28-20-17-14-11-8-5-2)42-47(52)49-45(43-50)46(51)40-37-34-31-27-18-15-12-9-6-3/h7,10,16,19,22-23,44-46,50-51H,4-6,8-9,11-15,17-18,20-21,24-43H2,1-3H3,(H,49,52)/b10-7+,19-16+,23-22+. The minimum absolute atomic E-state index is 0.0749. The van der Waals surface area contributed by atoms with Gasteiger partial charge in [0, 0.05) is 6.42 Å². The van der Waals surface area contributed by atoms with E-state index in [0.29, 0.717) is 19.3 Å². The number of hydrogen-bond acceptors (Lipinski definition) is 5. The fourth-order valence-electron chi connectivity index (χ4n) is 6.97. The van der Waals surface area contributed by atoms with Crippen LogP contribution in [0, 0.1) is 0 Å². The van der Waals surface area contributed by atoms with Crippen molar-refractivity contribution in [1.82, 2.24) is 5.32 Å². The highest BCUT2D eigenvalue weighted by Crippen LogP contribution is 2.18. The van der Waals surface area contributed by atoms with Gasteiger partial charge in [0.05, 0.1) is 25.2 Å². The molecule has 0 spiro atoms. The molecule has 316 valence electrons. The lowest BCUT2D eigenvalue weighted by Gasteiger charge is -2.24. The fraction of sp³-hybridized carbons (Fsp3) is 0.833. The second-order valence-corrected chi connectivity index (χ2v) is 15.8. The summed E-state index contributed by atoms with van der Waals surface area (Å²) in [4.78, 5) is 26.0. The fourth-order valence-corrected chi connectivity index (χ4v) is 6.97. The van der Waals surface area contributed by atoms with Crippen LogP contribution in [0.4, 0.5) is 0 Å². The van der Waals surface area contributed by atoms with Crippen LogP contribution in [0.15, 0.2) is 36.5 Å². The minimum Gasteiger partial charge on any atom is -0.462 e. The Morgan fingerprint density at radius 2 is 1.00 bits per heavy atom. The quantitative estimate of drug-likeness (QED) is 0.0328. The SMILES string of the molecule is CC/C=C/C/C=C/C/C=C/CCCCCCCCC(=O)OC(CCCCCCCCCCCC)CC(=O)NC(CO)C(O)CCCCCCCCCCC. The van der Waals surface area contributed by atoms with Crippen LogP contribution in [0.3, 0.4) is 0 Å². The Morgan fingerprint density at radius 3 is 1.52 bits per heavy atom. The molecule has 0 saturated carbocycles. The molecule has 0 rings (SSSR count). The molecular weight excluding hydrogens is 671 g/mol. The van der Waals surface area contributed by atoms with Crippen molar-refractivity contribution in [1.29, 1.82) is 0 Å². The van der Waals surface area contributed by atoms with Gasteiger partial charge >= 0.3 is 5.97 Å². The van der Waals surface area contributed by atoms with Crippen molar-refractivity contribution in [3.05, 3.63) is 36.5 Å². The molecule has 0 aromatic carbocycles. The third kappa shape index (κ3) is 37.0. The second kappa shape index (κ2) is 42.2. The molecule has 54 heavy (non-hydrogen) atoms. The molecule has 0 aromatic heterocycles. The Balaban J connectivity index is 4.54. The summed E-state index contributed by atoms with van der Waals surface area (Å²) in [6, 6.07) is -0.698. The van der Waals surface area contributed by atoms with Crippen LogP contribution in [-0.2, 0) is 14.3 Å². The number of ether oxygens (including phenoxy) is 1. The molecule has 1 amide bonds. The smallest absolute Gasteiger partial charge is 0.306 e. The number of aliphatic hydroxyl groups excluding tert-OH is 2. The largest absolute Gasteiger partial charge is 0.462 e. The van der Waals surface area contributed by atoms with Gasteiger partial charge in [-0.15, -0.1) is 0 Å². The summed E-state index contributed by atoms with van der Waals surface area (Å²) < 4.78 is 5.90. The first-order chi connectivity index (χ1) is 26.5. The van der Waals surface area contributed by atoms with Crippen molar-refractivity contribution in [2.45, 2.75) is 251 Å². The predicted octanol–water partition coefficient (Wildman–Crippen LogP) is 13.3. The first kappa shape index (κ1) is 52.1. The van der Waals surface area contributed by atoms with E-state index in [0.717, 1.165) is 77.0 Å². The van der Waals surface area contributed by atoms with Crippen LogP contribution in [0.1, 0.15) is 233 Å². The average Bonchev–Trinajstić information content (AvgIpc) is 3.16. The lowest BCUT2D eigenvalue weighted by Crippen LogP contribution is -2.46. The summed E-state index contributed by atoms with van der Waals surface area (Å²) in [5.74, 6) is -0.485. The van der Waals surface area contributed by atoms with Crippen molar-refractivity contribution in [3.8, 4) is 0 Å². The highest BCUT2D eigenvalue weighted by atomic mass is 16.5.